The normalized spacial score (nSPS) is 15.1. The van der Waals surface area contributed by atoms with Gasteiger partial charge in [-0.2, -0.15) is 0 Å². The molecule has 6 nitrogen and oxygen atoms in total. The van der Waals surface area contributed by atoms with Gasteiger partial charge in [0, 0.05) is 11.6 Å². The van der Waals surface area contributed by atoms with E-state index in [2.05, 4.69) is 20.4 Å². The average molecular weight is 427 g/mol. The number of nitrogens with one attached hydrogen (secondary N) is 1. The van der Waals surface area contributed by atoms with E-state index in [4.69, 9.17) is 4.74 Å². The van der Waals surface area contributed by atoms with E-state index in [9.17, 15) is 9.18 Å². The maximum Gasteiger partial charge on any atom is 0.238 e. The number of rotatable bonds is 6. The Morgan fingerprint density at radius 3 is 2.63 bits per heavy atom. The van der Waals surface area contributed by atoms with Crippen molar-refractivity contribution in [1.82, 2.24) is 15.1 Å². The molecule has 1 aliphatic heterocycles. The fraction of sp³-hybridized carbons (Fsp3) is 0.318. The van der Waals surface area contributed by atoms with Crippen LogP contribution >= 0.6 is 11.3 Å². The van der Waals surface area contributed by atoms with E-state index in [1.807, 2.05) is 24.3 Å². The van der Waals surface area contributed by atoms with Gasteiger partial charge in [-0.15, -0.1) is 10.2 Å². The first kappa shape index (κ1) is 20.4. The Morgan fingerprint density at radius 2 is 1.90 bits per heavy atom. The molecule has 4 rings (SSSR count). The van der Waals surface area contributed by atoms with Crippen LogP contribution < -0.4 is 10.1 Å². The number of nitrogens with zero attached hydrogens (tertiary/aromatic N) is 3. The summed E-state index contributed by atoms with van der Waals surface area (Å²) in [6.07, 6.45) is 1.87. The standard InChI is InChI=1S/C22H23FN4O2S/c1-29-19-5-3-2-4-18(19)22-26-25-21(30-22)15-10-12-27(13-11-15)14-20(28)24-17-8-6-16(23)7-9-17/h2-9,15H,10-14H2,1H3,(H,24,28). The van der Waals surface area contributed by atoms with Gasteiger partial charge in [-0.25, -0.2) is 4.39 Å². The van der Waals surface area contributed by atoms with E-state index in [0.717, 1.165) is 47.3 Å². The number of ether oxygens (including phenoxy) is 1. The largest absolute Gasteiger partial charge is 0.496 e. The summed E-state index contributed by atoms with van der Waals surface area (Å²) in [5, 5.41) is 13.5. The maximum atomic E-state index is 13.0. The molecule has 0 unspecified atom stereocenters. The smallest absolute Gasteiger partial charge is 0.238 e. The van der Waals surface area contributed by atoms with Gasteiger partial charge in [0.2, 0.25) is 5.91 Å². The molecule has 0 spiro atoms. The van der Waals surface area contributed by atoms with Crippen molar-refractivity contribution in [2.24, 2.45) is 0 Å². The molecule has 1 amide bonds. The summed E-state index contributed by atoms with van der Waals surface area (Å²) in [6.45, 7) is 1.98. The third-order valence-electron chi connectivity index (χ3n) is 5.21. The number of para-hydroxylation sites is 1. The Morgan fingerprint density at radius 1 is 1.17 bits per heavy atom. The van der Waals surface area contributed by atoms with E-state index in [0.29, 0.717) is 18.2 Å². The lowest BCUT2D eigenvalue weighted by atomic mass is 9.98. The molecule has 3 aromatic rings. The van der Waals surface area contributed by atoms with Crippen LogP contribution in [0.15, 0.2) is 48.5 Å². The number of hydrogen-bond acceptors (Lipinski definition) is 6. The third kappa shape index (κ3) is 4.83. The number of amides is 1. The second-order valence-corrected chi connectivity index (χ2v) is 8.26. The number of aromatic nitrogens is 2. The zero-order valence-corrected chi connectivity index (χ0v) is 17.5. The highest BCUT2D eigenvalue weighted by molar-refractivity contribution is 7.14. The first-order valence-electron chi connectivity index (χ1n) is 9.87. The second-order valence-electron chi connectivity index (χ2n) is 7.25. The SMILES string of the molecule is COc1ccccc1-c1nnc(C2CCN(CC(=O)Nc3ccc(F)cc3)CC2)s1. The Hall–Kier alpha value is -2.84. The predicted octanol–water partition coefficient (Wildman–Crippen LogP) is 4.17. The molecular formula is C22H23FN4O2S. The minimum atomic E-state index is -0.319. The van der Waals surface area contributed by atoms with E-state index in [1.54, 1.807) is 30.6 Å². The molecular weight excluding hydrogens is 403 g/mol. The Labute approximate surface area is 178 Å². The van der Waals surface area contributed by atoms with Gasteiger partial charge >= 0.3 is 0 Å². The van der Waals surface area contributed by atoms with Crippen molar-refractivity contribution in [3.8, 4) is 16.3 Å². The third-order valence-corrected chi connectivity index (χ3v) is 6.33. The van der Waals surface area contributed by atoms with Crippen molar-refractivity contribution in [2.75, 3.05) is 32.1 Å². The number of carbonyl (C=O) groups excluding carboxylic acids is 1. The monoisotopic (exact) mass is 426 g/mol. The summed E-state index contributed by atoms with van der Waals surface area (Å²) in [6, 6.07) is 13.6. The van der Waals surface area contributed by atoms with Crippen LogP contribution in [0, 0.1) is 5.82 Å². The molecule has 30 heavy (non-hydrogen) atoms. The number of anilines is 1. The number of methoxy groups -OCH3 is 1. The number of halogens is 1. The van der Waals surface area contributed by atoms with E-state index in [1.165, 1.54) is 12.1 Å². The lowest BCUT2D eigenvalue weighted by Gasteiger charge is -2.30. The van der Waals surface area contributed by atoms with Crippen molar-refractivity contribution in [2.45, 2.75) is 18.8 Å². The molecule has 0 atom stereocenters. The highest BCUT2D eigenvalue weighted by Crippen LogP contribution is 2.36. The van der Waals surface area contributed by atoms with Gasteiger partial charge in [0.15, 0.2) is 5.01 Å². The minimum absolute atomic E-state index is 0.0885. The maximum absolute atomic E-state index is 13.0. The minimum Gasteiger partial charge on any atom is -0.496 e. The Balaban J connectivity index is 1.31. The van der Waals surface area contributed by atoms with Crippen LogP contribution in [-0.2, 0) is 4.79 Å². The van der Waals surface area contributed by atoms with E-state index >= 15 is 0 Å². The number of benzene rings is 2. The molecule has 1 aromatic heterocycles. The molecule has 2 heterocycles. The molecule has 1 aliphatic rings. The number of hydrogen-bond donors (Lipinski definition) is 1. The highest BCUT2D eigenvalue weighted by atomic mass is 32.1. The van der Waals surface area contributed by atoms with Gasteiger partial charge in [0.05, 0.1) is 19.2 Å². The molecule has 1 saturated heterocycles. The summed E-state index contributed by atoms with van der Waals surface area (Å²) < 4.78 is 18.4. The van der Waals surface area contributed by atoms with Crippen molar-refractivity contribution >= 4 is 22.9 Å². The summed E-state index contributed by atoms with van der Waals surface area (Å²) in [7, 11) is 1.66. The number of piperidine rings is 1. The van der Waals surface area contributed by atoms with Crippen molar-refractivity contribution < 1.29 is 13.9 Å². The van der Waals surface area contributed by atoms with Crippen LogP contribution in [0.4, 0.5) is 10.1 Å². The lowest BCUT2D eigenvalue weighted by molar-refractivity contribution is -0.117. The van der Waals surface area contributed by atoms with Crippen molar-refractivity contribution in [3.05, 3.63) is 59.4 Å². The molecule has 1 N–H and O–H groups in total. The van der Waals surface area contributed by atoms with Gasteiger partial charge in [0.1, 0.15) is 16.6 Å². The summed E-state index contributed by atoms with van der Waals surface area (Å²) in [5.41, 5.74) is 1.56. The Kier molecular flexibility index (Phi) is 6.35. The molecule has 0 saturated carbocycles. The zero-order valence-electron chi connectivity index (χ0n) is 16.7. The fourth-order valence-corrected chi connectivity index (χ4v) is 4.65. The van der Waals surface area contributed by atoms with E-state index in [-0.39, 0.29) is 11.7 Å². The van der Waals surface area contributed by atoms with Gasteiger partial charge in [-0.3, -0.25) is 9.69 Å². The van der Waals surface area contributed by atoms with Crippen molar-refractivity contribution in [1.29, 1.82) is 0 Å². The Bertz CT molecular complexity index is 1000. The molecule has 0 bridgehead atoms. The van der Waals surface area contributed by atoms with Gasteiger partial charge in [-0.1, -0.05) is 23.5 Å². The topological polar surface area (TPSA) is 67.4 Å². The second kappa shape index (κ2) is 9.32. The molecule has 8 heteroatoms. The van der Waals surface area contributed by atoms with Crippen LogP contribution in [0.5, 0.6) is 5.75 Å². The molecule has 156 valence electrons. The van der Waals surface area contributed by atoms with E-state index < -0.39 is 0 Å². The van der Waals surface area contributed by atoms with Gasteiger partial charge in [0.25, 0.3) is 0 Å². The lowest BCUT2D eigenvalue weighted by Crippen LogP contribution is -2.38. The van der Waals surface area contributed by atoms with Crippen LogP contribution in [0.2, 0.25) is 0 Å². The van der Waals surface area contributed by atoms with Crippen LogP contribution in [0.25, 0.3) is 10.6 Å². The summed E-state index contributed by atoms with van der Waals surface area (Å²) >= 11 is 1.61. The van der Waals surface area contributed by atoms with Crippen LogP contribution in [-0.4, -0.2) is 47.7 Å². The van der Waals surface area contributed by atoms with Gasteiger partial charge < -0.3 is 10.1 Å². The zero-order chi connectivity index (χ0) is 20.9. The molecule has 0 radical (unpaired) electrons. The summed E-state index contributed by atoms with van der Waals surface area (Å²) in [4.78, 5) is 14.4. The van der Waals surface area contributed by atoms with Crippen LogP contribution in [0.3, 0.4) is 0 Å². The quantitative estimate of drug-likeness (QED) is 0.641. The van der Waals surface area contributed by atoms with Gasteiger partial charge in [-0.05, 0) is 62.3 Å². The first-order chi connectivity index (χ1) is 14.6. The first-order valence-corrected chi connectivity index (χ1v) is 10.7. The number of likely N-dealkylation sites (tertiary alicyclic amines) is 1. The van der Waals surface area contributed by atoms with Crippen molar-refractivity contribution in [3.63, 3.8) is 0 Å². The number of carbonyl (C=O) groups is 1. The average Bonchev–Trinajstić information content (AvgIpc) is 3.26. The molecule has 1 fully saturated rings. The molecule has 0 aliphatic carbocycles. The molecule has 2 aromatic carbocycles. The fourth-order valence-electron chi connectivity index (χ4n) is 3.60. The predicted molar refractivity (Wildman–Crippen MR) is 115 cm³/mol. The summed E-state index contributed by atoms with van der Waals surface area (Å²) in [5.74, 6) is 0.736. The van der Waals surface area contributed by atoms with Crippen LogP contribution in [0.1, 0.15) is 23.8 Å². The highest BCUT2D eigenvalue weighted by Gasteiger charge is 2.25.